The van der Waals surface area contributed by atoms with E-state index in [9.17, 15) is 18.0 Å². The lowest BCUT2D eigenvalue weighted by atomic mass is 10.2. The van der Waals surface area contributed by atoms with Crippen LogP contribution in [0.5, 0.6) is 0 Å². The fourth-order valence-electron chi connectivity index (χ4n) is 1.73. The summed E-state index contributed by atoms with van der Waals surface area (Å²) in [7, 11) is 0. The van der Waals surface area contributed by atoms with E-state index >= 15 is 0 Å². The van der Waals surface area contributed by atoms with E-state index in [2.05, 4.69) is 14.8 Å². The first-order valence-corrected chi connectivity index (χ1v) is 6.65. The number of hydrogen-bond acceptors (Lipinski definition) is 4. The van der Waals surface area contributed by atoms with E-state index in [0.717, 1.165) is 6.20 Å². The molecule has 118 valence electrons. The number of carbonyl (C=O) groups is 1. The van der Waals surface area contributed by atoms with Gasteiger partial charge in [-0.05, 0) is 13.0 Å². The Morgan fingerprint density at radius 1 is 1.41 bits per heavy atom. The van der Waals surface area contributed by atoms with Gasteiger partial charge < -0.3 is 4.74 Å². The Hall–Kier alpha value is -1.80. The Bertz CT molecular complexity index is 716. The first-order valence-electron chi connectivity index (χ1n) is 5.90. The maximum atomic E-state index is 13.3. The zero-order valence-corrected chi connectivity index (χ0v) is 12.5. The Balaban J connectivity index is 2.68. The van der Waals surface area contributed by atoms with E-state index in [1.54, 1.807) is 0 Å². The molecule has 2 heterocycles. The van der Waals surface area contributed by atoms with Crippen molar-refractivity contribution in [1.82, 2.24) is 14.8 Å². The van der Waals surface area contributed by atoms with Crippen LogP contribution in [0.3, 0.4) is 0 Å². The van der Waals surface area contributed by atoms with Crippen molar-refractivity contribution in [3.8, 4) is 5.69 Å². The van der Waals surface area contributed by atoms with Crippen molar-refractivity contribution in [3.05, 3.63) is 39.9 Å². The lowest BCUT2D eigenvalue weighted by molar-refractivity contribution is -0.143. The predicted octanol–water partition coefficient (Wildman–Crippen LogP) is 3.77. The van der Waals surface area contributed by atoms with Gasteiger partial charge in [0.2, 0.25) is 0 Å². The van der Waals surface area contributed by atoms with Gasteiger partial charge in [0, 0.05) is 6.20 Å². The van der Waals surface area contributed by atoms with Crippen molar-refractivity contribution in [1.29, 1.82) is 0 Å². The van der Waals surface area contributed by atoms with Crippen LogP contribution in [0.4, 0.5) is 13.2 Å². The second-order valence-corrected chi connectivity index (χ2v) is 4.71. The highest BCUT2D eigenvalue weighted by atomic mass is 35.5. The minimum atomic E-state index is -4.85. The molecule has 0 aliphatic rings. The van der Waals surface area contributed by atoms with Gasteiger partial charge >= 0.3 is 12.1 Å². The predicted molar refractivity (Wildman–Crippen MR) is 72.3 cm³/mol. The number of alkyl halides is 3. The molecular formula is C12H8Cl2F3N3O2. The van der Waals surface area contributed by atoms with Gasteiger partial charge in [-0.15, -0.1) is 0 Å². The van der Waals surface area contributed by atoms with Crippen molar-refractivity contribution in [2.75, 3.05) is 6.61 Å². The highest BCUT2D eigenvalue weighted by Crippen LogP contribution is 2.36. The number of ether oxygens (including phenoxy) is 1. The molecule has 0 saturated carbocycles. The van der Waals surface area contributed by atoms with Crippen LogP contribution in [0.2, 0.25) is 10.2 Å². The highest BCUT2D eigenvalue weighted by Gasteiger charge is 2.41. The molecule has 0 N–H and O–H groups in total. The molecule has 0 aliphatic heterocycles. The fourth-order valence-corrected chi connectivity index (χ4v) is 2.08. The third-order valence-corrected chi connectivity index (χ3v) is 3.34. The van der Waals surface area contributed by atoms with Gasteiger partial charge in [0.25, 0.3) is 0 Å². The molecule has 2 aromatic rings. The van der Waals surface area contributed by atoms with Gasteiger partial charge in [-0.3, -0.25) is 0 Å². The van der Waals surface area contributed by atoms with Crippen LogP contribution < -0.4 is 0 Å². The summed E-state index contributed by atoms with van der Waals surface area (Å²) < 4.78 is 45.0. The largest absolute Gasteiger partial charge is 0.462 e. The van der Waals surface area contributed by atoms with Gasteiger partial charge in [0.1, 0.15) is 15.7 Å². The summed E-state index contributed by atoms with van der Waals surface area (Å²) in [4.78, 5) is 15.3. The number of rotatable bonds is 3. The molecule has 0 saturated heterocycles. The molecule has 2 rings (SSSR count). The SMILES string of the molecule is CCOC(=O)c1cnn(-c2ccnc(Cl)c2Cl)c1C(F)(F)F. The van der Waals surface area contributed by atoms with Crippen LogP contribution in [-0.4, -0.2) is 27.3 Å². The van der Waals surface area contributed by atoms with Crippen LogP contribution in [0.15, 0.2) is 18.5 Å². The summed E-state index contributed by atoms with van der Waals surface area (Å²) in [5.74, 6) is -1.13. The Morgan fingerprint density at radius 3 is 2.68 bits per heavy atom. The third-order valence-electron chi connectivity index (χ3n) is 2.59. The molecule has 0 bridgehead atoms. The molecule has 0 atom stereocenters. The smallest absolute Gasteiger partial charge is 0.434 e. The summed E-state index contributed by atoms with van der Waals surface area (Å²) in [6.45, 7) is 1.41. The van der Waals surface area contributed by atoms with E-state index in [0.29, 0.717) is 4.68 Å². The van der Waals surface area contributed by atoms with Crippen molar-refractivity contribution in [3.63, 3.8) is 0 Å². The van der Waals surface area contributed by atoms with Crippen LogP contribution in [-0.2, 0) is 10.9 Å². The quantitative estimate of drug-likeness (QED) is 0.622. The Morgan fingerprint density at radius 2 is 2.09 bits per heavy atom. The van der Waals surface area contributed by atoms with Crippen molar-refractivity contribution >= 4 is 29.2 Å². The average Bonchev–Trinajstić information content (AvgIpc) is 2.87. The van der Waals surface area contributed by atoms with Crippen molar-refractivity contribution in [2.24, 2.45) is 0 Å². The second-order valence-electron chi connectivity index (χ2n) is 3.97. The summed E-state index contributed by atoms with van der Waals surface area (Å²) in [5.41, 5.74) is -2.15. The number of hydrogen-bond donors (Lipinski definition) is 0. The zero-order valence-electron chi connectivity index (χ0n) is 11.0. The van der Waals surface area contributed by atoms with Crippen LogP contribution in [0, 0.1) is 0 Å². The van der Waals surface area contributed by atoms with Gasteiger partial charge in [0.05, 0.1) is 18.5 Å². The Kier molecular flexibility index (Phi) is 4.62. The first-order chi connectivity index (χ1) is 10.3. The molecule has 0 unspecified atom stereocenters. The van der Waals surface area contributed by atoms with Gasteiger partial charge in [-0.2, -0.15) is 18.3 Å². The highest BCUT2D eigenvalue weighted by molar-refractivity contribution is 6.42. The van der Waals surface area contributed by atoms with Gasteiger partial charge in [-0.25, -0.2) is 14.5 Å². The van der Waals surface area contributed by atoms with Crippen LogP contribution in [0.1, 0.15) is 23.0 Å². The molecule has 0 spiro atoms. The maximum Gasteiger partial charge on any atom is 0.434 e. The fraction of sp³-hybridized carbons (Fsp3) is 0.250. The molecule has 2 aromatic heterocycles. The van der Waals surface area contributed by atoms with E-state index < -0.39 is 23.4 Å². The van der Waals surface area contributed by atoms with E-state index in [1.165, 1.54) is 19.2 Å². The standard InChI is InChI=1S/C12H8Cl2F3N3O2/c1-2-22-11(21)6-5-19-20(9(6)12(15,16)17)7-3-4-18-10(14)8(7)13/h3-5H,2H2,1H3. The summed E-state index contributed by atoms with van der Waals surface area (Å²) in [5, 5.41) is 3.19. The molecular weight excluding hydrogens is 346 g/mol. The molecule has 22 heavy (non-hydrogen) atoms. The summed E-state index contributed by atoms with van der Waals surface area (Å²) in [6, 6.07) is 1.20. The summed E-state index contributed by atoms with van der Waals surface area (Å²) >= 11 is 11.6. The van der Waals surface area contributed by atoms with Crippen molar-refractivity contribution < 1.29 is 22.7 Å². The Labute approximate surface area is 132 Å². The molecule has 10 heteroatoms. The van der Waals surface area contributed by atoms with Crippen LogP contribution >= 0.6 is 23.2 Å². The van der Waals surface area contributed by atoms with Gasteiger partial charge in [-0.1, -0.05) is 23.2 Å². The number of esters is 1. The minimum absolute atomic E-state index is 0.0663. The van der Waals surface area contributed by atoms with Gasteiger partial charge in [0.15, 0.2) is 5.69 Å². The number of carbonyl (C=O) groups excluding carboxylic acids is 1. The molecule has 0 aliphatic carbocycles. The topological polar surface area (TPSA) is 57.0 Å². The van der Waals surface area contributed by atoms with E-state index in [1.807, 2.05) is 0 Å². The molecule has 0 aromatic carbocycles. The second kappa shape index (κ2) is 6.13. The lowest BCUT2D eigenvalue weighted by Gasteiger charge is -2.13. The zero-order chi connectivity index (χ0) is 16.5. The number of halogens is 5. The van der Waals surface area contributed by atoms with E-state index in [-0.39, 0.29) is 22.5 Å². The number of aromatic nitrogens is 3. The number of nitrogens with zero attached hydrogens (tertiary/aromatic N) is 3. The molecule has 5 nitrogen and oxygen atoms in total. The summed E-state index contributed by atoms with van der Waals surface area (Å²) in [6.07, 6.45) is -2.90. The third kappa shape index (κ3) is 3.02. The molecule has 0 amide bonds. The molecule has 0 radical (unpaired) electrons. The number of pyridine rings is 1. The van der Waals surface area contributed by atoms with Crippen molar-refractivity contribution in [2.45, 2.75) is 13.1 Å². The first kappa shape index (κ1) is 16.6. The van der Waals surface area contributed by atoms with Crippen LogP contribution in [0.25, 0.3) is 5.69 Å². The monoisotopic (exact) mass is 353 g/mol. The average molecular weight is 354 g/mol. The lowest BCUT2D eigenvalue weighted by Crippen LogP contribution is -2.18. The van der Waals surface area contributed by atoms with E-state index in [4.69, 9.17) is 23.2 Å². The maximum absolute atomic E-state index is 13.3. The minimum Gasteiger partial charge on any atom is -0.462 e. The molecule has 0 fully saturated rings. The normalized spacial score (nSPS) is 11.5.